The Labute approximate surface area is 154 Å². The van der Waals surface area contributed by atoms with Gasteiger partial charge in [0.15, 0.2) is 6.10 Å². The summed E-state index contributed by atoms with van der Waals surface area (Å²) in [6, 6.07) is 12.8. The van der Waals surface area contributed by atoms with Crippen molar-refractivity contribution in [3.8, 4) is 0 Å². The molecule has 0 aliphatic carbocycles. The Hall–Kier alpha value is -2.57. The van der Waals surface area contributed by atoms with E-state index in [1.54, 1.807) is 30.3 Å². The van der Waals surface area contributed by atoms with E-state index in [1.807, 2.05) is 0 Å². The molecule has 2 amide bonds. The molecule has 0 saturated heterocycles. The summed E-state index contributed by atoms with van der Waals surface area (Å²) in [5.74, 6) is -1.99. The number of carbonyl (C=O) groups excluding carboxylic acids is 3. The maximum absolute atomic E-state index is 12.1. The van der Waals surface area contributed by atoms with Crippen LogP contribution in [0.2, 0.25) is 10.0 Å². The summed E-state index contributed by atoms with van der Waals surface area (Å²) in [4.78, 5) is 35.8. The molecule has 0 heterocycles. The molecule has 2 aromatic carbocycles. The standard InChI is InChI=1S/C17H14Cl2N2O4/c1-10(25-17(24)12-8-5-9-13(18)14(12)19)15(22)20-21-16(23)11-6-3-2-4-7-11/h2-10H,1H3,(H,20,22)(H,21,23)/t10-/m1/s1. The van der Waals surface area contributed by atoms with Gasteiger partial charge in [0.1, 0.15) is 0 Å². The Morgan fingerprint density at radius 1 is 0.960 bits per heavy atom. The first-order valence-electron chi connectivity index (χ1n) is 7.20. The van der Waals surface area contributed by atoms with E-state index in [-0.39, 0.29) is 15.6 Å². The van der Waals surface area contributed by atoms with Gasteiger partial charge in [-0.15, -0.1) is 0 Å². The Kier molecular flexibility index (Phi) is 6.38. The molecule has 8 heteroatoms. The molecule has 6 nitrogen and oxygen atoms in total. The predicted molar refractivity (Wildman–Crippen MR) is 93.4 cm³/mol. The molecule has 2 aromatic rings. The van der Waals surface area contributed by atoms with Gasteiger partial charge in [-0.1, -0.05) is 47.5 Å². The van der Waals surface area contributed by atoms with Crippen molar-refractivity contribution in [1.29, 1.82) is 0 Å². The van der Waals surface area contributed by atoms with Crippen LogP contribution in [-0.2, 0) is 9.53 Å². The molecule has 0 unspecified atom stereocenters. The molecular weight excluding hydrogens is 367 g/mol. The second kappa shape index (κ2) is 8.50. The van der Waals surface area contributed by atoms with Crippen LogP contribution in [0.15, 0.2) is 48.5 Å². The molecule has 0 spiro atoms. The van der Waals surface area contributed by atoms with E-state index in [1.165, 1.54) is 25.1 Å². The fourth-order valence-electron chi connectivity index (χ4n) is 1.82. The maximum atomic E-state index is 12.1. The summed E-state index contributed by atoms with van der Waals surface area (Å²) in [7, 11) is 0. The highest BCUT2D eigenvalue weighted by molar-refractivity contribution is 6.43. The smallest absolute Gasteiger partial charge is 0.340 e. The van der Waals surface area contributed by atoms with Crippen molar-refractivity contribution in [2.24, 2.45) is 0 Å². The van der Waals surface area contributed by atoms with Gasteiger partial charge < -0.3 is 4.74 Å². The van der Waals surface area contributed by atoms with Crippen molar-refractivity contribution in [2.45, 2.75) is 13.0 Å². The number of esters is 1. The highest BCUT2D eigenvalue weighted by atomic mass is 35.5. The van der Waals surface area contributed by atoms with Crippen LogP contribution in [0.3, 0.4) is 0 Å². The molecule has 0 aliphatic heterocycles. The van der Waals surface area contributed by atoms with Crippen LogP contribution < -0.4 is 10.9 Å². The lowest BCUT2D eigenvalue weighted by molar-refractivity contribution is -0.129. The predicted octanol–water partition coefficient (Wildman–Crippen LogP) is 3.00. The zero-order valence-electron chi connectivity index (χ0n) is 13.1. The van der Waals surface area contributed by atoms with Crippen LogP contribution in [0.5, 0.6) is 0 Å². The van der Waals surface area contributed by atoms with Gasteiger partial charge in [-0.25, -0.2) is 4.79 Å². The number of halogens is 2. The van der Waals surface area contributed by atoms with Gasteiger partial charge in [-0.3, -0.25) is 20.4 Å². The number of nitrogens with one attached hydrogen (secondary N) is 2. The van der Waals surface area contributed by atoms with Gasteiger partial charge in [-0.05, 0) is 31.2 Å². The third-order valence-corrected chi connectivity index (χ3v) is 3.98. The SMILES string of the molecule is C[C@@H](OC(=O)c1cccc(Cl)c1Cl)C(=O)NNC(=O)c1ccccc1. The van der Waals surface area contributed by atoms with Gasteiger partial charge in [0.25, 0.3) is 11.8 Å². The van der Waals surface area contributed by atoms with E-state index < -0.39 is 23.9 Å². The van der Waals surface area contributed by atoms with Gasteiger partial charge in [-0.2, -0.15) is 0 Å². The highest BCUT2D eigenvalue weighted by Crippen LogP contribution is 2.26. The van der Waals surface area contributed by atoms with Gasteiger partial charge in [0.05, 0.1) is 15.6 Å². The Balaban J connectivity index is 1.91. The zero-order chi connectivity index (χ0) is 18.4. The number of hydrazine groups is 1. The Morgan fingerprint density at radius 2 is 1.64 bits per heavy atom. The number of amides is 2. The number of ether oxygens (including phenoxy) is 1. The third-order valence-electron chi connectivity index (χ3n) is 3.16. The lowest BCUT2D eigenvalue weighted by Crippen LogP contribution is -2.46. The lowest BCUT2D eigenvalue weighted by atomic mass is 10.2. The summed E-state index contributed by atoms with van der Waals surface area (Å²) in [5.41, 5.74) is 4.84. The van der Waals surface area contributed by atoms with Crippen LogP contribution in [0.25, 0.3) is 0 Å². The van der Waals surface area contributed by atoms with Crippen LogP contribution in [0, 0.1) is 0 Å². The molecule has 130 valence electrons. The first kappa shape index (κ1) is 18.8. The van der Waals surface area contributed by atoms with Crippen LogP contribution in [0.1, 0.15) is 27.6 Å². The molecule has 0 aliphatic rings. The molecule has 25 heavy (non-hydrogen) atoms. The Morgan fingerprint density at radius 3 is 2.32 bits per heavy atom. The number of hydrogen-bond acceptors (Lipinski definition) is 4. The van der Waals surface area contributed by atoms with Crippen LogP contribution >= 0.6 is 23.2 Å². The van der Waals surface area contributed by atoms with E-state index in [0.717, 1.165) is 0 Å². The van der Waals surface area contributed by atoms with Crippen molar-refractivity contribution >= 4 is 41.0 Å². The molecule has 0 bridgehead atoms. The molecule has 2 rings (SSSR count). The average molecular weight is 381 g/mol. The summed E-state index contributed by atoms with van der Waals surface area (Å²) >= 11 is 11.8. The van der Waals surface area contributed by atoms with E-state index in [0.29, 0.717) is 5.56 Å². The highest BCUT2D eigenvalue weighted by Gasteiger charge is 2.21. The quantitative estimate of drug-likeness (QED) is 0.630. The normalized spacial score (nSPS) is 11.3. The van der Waals surface area contributed by atoms with E-state index in [2.05, 4.69) is 10.9 Å². The summed E-state index contributed by atoms with van der Waals surface area (Å²) in [6.45, 7) is 1.36. The Bertz CT molecular complexity index is 796. The van der Waals surface area contributed by atoms with Gasteiger partial charge in [0.2, 0.25) is 0 Å². The average Bonchev–Trinajstić information content (AvgIpc) is 2.62. The van der Waals surface area contributed by atoms with Crippen molar-refractivity contribution in [3.05, 3.63) is 69.7 Å². The third kappa shape index (κ3) is 4.95. The number of hydrogen-bond donors (Lipinski definition) is 2. The summed E-state index contributed by atoms with van der Waals surface area (Å²) in [5, 5.41) is 0.238. The van der Waals surface area contributed by atoms with Crippen molar-refractivity contribution in [3.63, 3.8) is 0 Å². The van der Waals surface area contributed by atoms with Crippen molar-refractivity contribution in [2.75, 3.05) is 0 Å². The molecule has 0 aromatic heterocycles. The number of benzene rings is 2. The fourth-order valence-corrected chi connectivity index (χ4v) is 2.20. The van der Waals surface area contributed by atoms with E-state index in [4.69, 9.17) is 27.9 Å². The van der Waals surface area contributed by atoms with Crippen molar-refractivity contribution < 1.29 is 19.1 Å². The first-order valence-corrected chi connectivity index (χ1v) is 7.96. The van der Waals surface area contributed by atoms with E-state index >= 15 is 0 Å². The summed E-state index contributed by atoms with van der Waals surface area (Å²) < 4.78 is 5.03. The lowest BCUT2D eigenvalue weighted by Gasteiger charge is -2.14. The van der Waals surface area contributed by atoms with Crippen LogP contribution in [-0.4, -0.2) is 23.9 Å². The van der Waals surface area contributed by atoms with Gasteiger partial charge in [0, 0.05) is 5.56 Å². The topological polar surface area (TPSA) is 84.5 Å². The molecule has 0 saturated carbocycles. The molecule has 0 fully saturated rings. The monoisotopic (exact) mass is 380 g/mol. The number of carbonyl (C=O) groups is 3. The van der Waals surface area contributed by atoms with Gasteiger partial charge >= 0.3 is 5.97 Å². The molecule has 1 atom stereocenters. The largest absolute Gasteiger partial charge is 0.449 e. The molecular formula is C17H14Cl2N2O4. The fraction of sp³-hybridized carbons (Fsp3) is 0.118. The first-order chi connectivity index (χ1) is 11.9. The molecule has 2 N–H and O–H groups in total. The second-order valence-corrected chi connectivity index (χ2v) is 5.74. The minimum absolute atomic E-state index is 0.0409. The number of rotatable bonds is 4. The molecule has 0 radical (unpaired) electrons. The summed E-state index contributed by atoms with van der Waals surface area (Å²) in [6.07, 6.45) is -1.15. The zero-order valence-corrected chi connectivity index (χ0v) is 14.6. The van der Waals surface area contributed by atoms with E-state index in [9.17, 15) is 14.4 Å². The minimum Gasteiger partial charge on any atom is -0.449 e. The maximum Gasteiger partial charge on any atom is 0.340 e. The minimum atomic E-state index is -1.15. The van der Waals surface area contributed by atoms with Crippen LogP contribution in [0.4, 0.5) is 0 Å². The second-order valence-electron chi connectivity index (χ2n) is 4.96. The van der Waals surface area contributed by atoms with Crippen molar-refractivity contribution in [1.82, 2.24) is 10.9 Å².